The summed E-state index contributed by atoms with van der Waals surface area (Å²) in [7, 11) is 0. The number of benzene rings is 1. The minimum atomic E-state index is -0.249. The summed E-state index contributed by atoms with van der Waals surface area (Å²) in [5, 5.41) is 14.6. The maximum atomic E-state index is 12.2. The Morgan fingerprint density at radius 3 is 2.78 bits per heavy atom. The molecule has 1 amide bonds. The van der Waals surface area contributed by atoms with Crippen LogP contribution in [0.2, 0.25) is 0 Å². The normalized spacial score (nSPS) is 11.7. The number of carbonyl (C=O) groups is 1. The van der Waals surface area contributed by atoms with E-state index in [2.05, 4.69) is 34.3 Å². The van der Waals surface area contributed by atoms with Crippen LogP contribution >= 0.6 is 23.1 Å². The highest BCUT2D eigenvalue weighted by Crippen LogP contribution is 2.29. The molecule has 0 aliphatic heterocycles. The van der Waals surface area contributed by atoms with Crippen molar-refractivity contribution >= 4 is 39.8 Å². The number of nitrogens with one attached hydrogen (secondary N) is 2. The van der Waals surface area contributed by atoms with E-state index in [9.17, 15) is 4.79 Å². The molecule has 23 heavy (non-hydrogen) atoms. The van der Waals surface area contributed by atoms with Crippen LogP contribution in [0.25, 0.3) is 0 Å². The van der Waals surface area contributed by atoms with Crippen LogP contribution in [0, 0.1) is 0 Å². The molecule has 1 aromatic heterocycles. The lowest BCUT2D eigenvalue weighted by molar-refractivity contribution is -0.115. The Labute approximate surface area is 144 Å². The van der Waals surface area contributed by atoms with Crippen molar-refractivity contribution in [2.24, 2.45) is 0 Å². The summed E-state index contributed by atoms with van der Waals surface area (Å²) in [6.45, 7) is 8.25. The molecular weight excluding hydrogens is 328 g/mol. The van der Waals surface area contributed by atoms with E-state index in [1.165, 1.54) is 28.7 Å². The molecule has 0 unspecified atom stereocenters. The van der Waals surface area contributed by atoms with E-state index in [-0.39, 0.29) is 11.2 Å². The molecule has 1 aromatic carbocycles. The van der Waals surface area contributed by atoms with Crippen LogP contribution in [0.4, 0.5) is 10.8 Å². The third kappa shape index (κ3) is 5.37. The SMILES string of the molecule is C=CCNc1nnc(S[C@@H](C)C(=O)Nc2ccc(CC)cc2)s1. The van der Waals surface area contributed by atoms with Gasteiger partial charge in [-0.05, 0) is 31.0 Å². The first-order valence-corrected chi connectivity index (χ1v) is 9.06. The van der Waals surface area contributed by atoms with Crippen LogP contribution in [0.1, 0.15) is 19.4 Å². The van der Waals surface area contributed by atoms with Gasteiger partial charge in [-0.15, -0.1) is 16.8 Å². The van der Waals surface area contributed by atoms with E-state index < -0.39 is 0 Å². The number of nitrogens with zero attached hydrogens (tertiary/aromatic N) is 2. The molecule has 2 N–H and O–H groups in total. The molecule has 0 radical (unpaired) electrons. The molecule has 0 saturated heterocycles. The Morgan fingerprint density at radius 1 is 1.39 bits per heavy atom. The zero-order chi connectivity index (χ0) is 16.7. The number of hydrogen-bond donors (Lipinski definition) is 2. The molecule has 0 saturated carbocycles. The number of hydrogen-bond acceptors (Lipinski definition) is 6. The van der Waals surface area contributed by atoms with Crippen molar-refractivity contribution in [3.63, 3.8) is 0 Å². The third-order valence-corrected chi connectivity index (χ3v) is 5.15. The van der Waals surface area contributed by atoms with E-state index >= 15 is 0 Å². The van der Waals surface area contributed by atoms with E-state index in [0.29, 0.717) is 6.54 Å². The highest BCUT2D eigenvalue weighted by molar-refractivity contribution is 8.02. The van der Waals surface area contributed by atoms with Crippen LogP contribution in [0.5, 0.6) is 0 Å². The zero-order valence-electron chi connectivity index (χ0n) is 13.2. The molecule has 2 rings (SSSR count). The van der Waals surface area contributed by atoms with Crippen molar-refractivity contribution in [2.75, 3.05) is 17.2 Å². The van der Waals surface area contributed by atoms with Gasteiger partial charge in [0.05, 0.1) is 5.25 Å². The van der Waals surface area contributed by atoms with Crippen LogP contribution in [-0.4, -0.2) is 27.9 Å². The topological polar surface area (TPSA) is 66.9 Å². The van der Waals surface area contributed by atoms with Crippen molar-refractivity contribution in [1.29, 1.82) is 0 Å². The minimum absolute atomic E-state index is 0.0463. The first-order chi connectivity index (χ1) is 11.1. The second kappa shape index (κ2) is 8.69. The molecule has 0 spiro atoms. The Kier molecular flexibility index (Phi) is 6.61. The Morgan fingerprint density at radius 2 is 2.13 bits per heavy atom. The second-order valence-electron chi connectivity index (χ2n) is 4.84. The molecule has 2 aromatic rings. The fourth-order valence-corrected chi connectivity index (χ4v) is 3.66. The smallest absolute Gasteiger partial charge is 0.237 e. The van der Waals surface area contributed by atoms with Gasteiger partial charge in [-0.2, -0.15) is 0 Å². The summed E-state index contributed by atoms with van der Waals surface area (Å²) in [5.41, 5.74) is 2.06. The summed E-state index contributed by atoms with van der Waals surface area (Å²) in [6, 6.07) is 7.90. The molecule has 0 aliphatic rings. The third-order valence-electron chi connectivity index (χ3n) is 3.08. The van der Waals surface area contributed by atoms with Gasteiger partial charge >= 0.3 is 0 Å². The molecule has 122 valence electrons. The van der Waals surface area contributed by atoms with Gasteiger partial charge in [-0.1, -0.05) is 48.2 Å². The van der Waals surface area contributed by atoms with E-state index in [1.54, 1.807) is 6.08 Å². The summed E-state index contributed by atoms with van der Waals surface area (Å²) in [4.78, 5) is 12.2. The van der Waals surface area contributed by atoms with Gasteiger partial charge in [-0.25, -0.2) is 0 Å². The monoisotopic (exact) mass is 348 g/mol. The second-order valence-corrected chi connectivity index (χ2v) is 7.41. The van der Waals surface area contributed by atoms with Gasteiger partial charge in [0.15, 0.2) is 4.34 Å². The van der Waals surface area contributed by atoms with Crippen molar-refractivity contribution < 1.29 is 4.79 Å². The molecule has 5 nitrogen and oxygen atoms in total. The minimum Gasteiger partial charge on any atom is -0.357 e. The first-order valence-electron chi connectivity index (χ1n) is 7.37. The first kappa shape index (κ1) is 17.5. The van der Waals surface area contributed by atoms with Crippen molar-refractivity contribution in [1.82, 2.24) is 10.2 Å². The maximum absolute atomic E-state index is 12.2. The summed E-state index contributed by atoms with van der Waals surface area (Å²) < 4.78 is 0.764. The Bertz CT molecular complexity index is 654. The molecule has 1 heterocycles. The molecule has 0 fully saturated rings. The number of rotatable bonds is 8. The molecule has 7 heteroatoms. The largest absolute Gasteiger partial charge is 0.357 e. The van der Waals surface area contributed by atoms with Gasteiger partial charge in [0.1, 0.15) is 0 Å². The summed E-state index contributed by atoms with van der Waals surface area (Å²) >= 11 is 2.83. The van der Waals surface area contributed by atoms with Gasteiger partial charge in [0.25, 0.3) is 0 Å². The lowest BCUT2D eigenvalue weighted by Crippen LogP contribution is -2.22. The van der Waals surface area contributed by atoms with E-state index in [4.69, 9.17) is 0 Å². The molecular formula is C16H20N4OS2. The average molecular weight is 348 g/mol. The van der Waals surface area contributed by atoms with Gasteiger partial charge in [0, 0.05) is 12.2 Å². The highest BCUT2D eigenvalue weighted by Gasteiger charge is 2.17. The lowest BCUT2D eigenvalue weighted by atomic mass is 10.1. The van der Waals surface area contributed by atoms with Crippen molar-refractivity contribution in [3.05, 3.63) is 42.5 Å². The van der Waals surface area contributed by atoms with Crippen molar-refractivity contribution in [2.45, 2.75) is 29.9 Å². The standard InChI is InChI=1S/C16H20N4OS2/c1-4-10-17-15-19-20-16(23-15)22-11(3)14(21)18-13-8-6-12(5-2)7-9-13/h4,6-9,11H,1,5,10H2,2-3H3,(H,17,19)(H,18,21)/t11-/m0/s1. The van der Waals surface area contributed by atoms with Gasteiger partial charge in [-0.3, -0.25) is 4.79 Å². The molecule has 1 atom stereocenters. The number of aromatic nitrogens is 2. The Balaban J connectivity index is 1.88. The summed E-state index contributed by atoms with van der Waals surface area (Å²) in [5.74, 6) is -0.0463. The quantitative estimate of drug-likeness (QED) is 0.561. The Hall–Kier alpha value is -1.86. The number of aryl methyl sites for hydroxylation is 1. The van der Waals surface area contributed by atoms with Gasteiger partial charge in [0.2, 0.25) is 11.0 Å². The van der Waals surface area contributed by atoms with E-state index in [1.807, 2.05) is 31.2 Å². The highest BCUT2D eigenvalue weighted by atomic mass is 32.2. The fourth-order valence-electron chi connectivity index (χ4n) is 1.76. The maximum Gasteiger partial charge on any atom is 0.237 e. The fraction of sp³-hybridized carbons (Fsp3) is 0.312. The average Bonchev–Trinajstić information content (AvgIpc) is 3.01. The number of carbonyl (C=O) groups excluding carboxylic acids is 1. The summed E-state index contributed by atoms with van der Waals surface area (Å²) in [6.07, 6.45) is 2.74. The van der Waals surface area contributed by atoms with E-state index in [0.717, 1.165) is 21.6 Å². The molecule has 0 bridgehead atoms. The predicted octanol–water partition coefficient (Wildman–Crippen LogP) is 3.82. The lowest BCUT2D eigenvalue weighted by Gasteiger charge is -2.10. The number of thioether (sulfide) groups is 1. The number of anilines is 2. The van der Waals surface area contributed by atoms with Crippen LogP contribution in [0.3, 0.4) is 0 Å². The predicted molar refractivity (Wildman–Crippen MR) is 98.4 cm³/mol. The molecule has 0 aliphatic carbocycles. The van der Waals surface area contributed by atoms with Crippen LogP contribution in [-0.2, 0) is 11.2 Å². The van der Waals surface area contributed by atoms with Crippen molar-refractivity contribution in [3.8, 4) is 0 Å². The number of amides is 1. The van der Waals surface area contributed by atoms with Crippen LogP contribution in [0.15, 0.2) is 41.3 Å². The zero-order valence-corrected chi connectivity index (χ0v) is 14.8. The van der Waals surface area contributed by atoms with Crippen LogP contribution < -0.4 is 10.6 Å². The van der Waals surface area contributed by atoms with Gasteiger partial charge < -0.3 is 10.6 Å².